The Morgan fingerprint density at radius 3 is 2.30 bits per heavy atom. The van der Waals surface area contributed by atoms with Crippen LogP contribution in [0.2, 0.25) is 0 Å². The van der Waals surface area contributed by atoms with E-state index in [9.17, 15) is 0 Å². The van der Waals surface area contributed by atoms with Crippen LogP contribution < -0.4 is 0 Å². The van der Waals surface area contributed by atoms with Crippen molar-refractivity contribution in [3.63, 3.8) is 0 Å². The Morgan fingerprint density at radius 2 is 1.90 bits per heavy atom. The maximum Gasteiger partial charge on any atom is -0.0335 e. The topological polar surface area (TPSA) is 0 Å². The minimum atomic E-state index is 0.942. The van der Waals surface area contributed by atoms with Crippen molar-refractivity contribution in [3.8, 4) is 0 Å². The summed E-state index contributed by atoms with van der Waals surface area (Å²) in [6.45, 7) is 11.4. The number of hydrogen-bond acceptors (Lipinski definition) is 0. The third-order valence-electron chi connectivity index (χ3n) is 1.00. The molecule has 0 heteroatoms. The summed E-state index contributed by atoms with van der Waals surface area (Å²) >= 11 is 0. The average Bonchev–Trinajstić information content (AvgIpc) is 1.87. The summed E-state index contributed by atoms with van der Waals surface area (Å²) < 4.78 is 0. The lowest BCUT2D eigenvalue weighted by atomic mass is 10.2. The highest BCUT2D eigenvalue weighted by Gasteiger charge is 1.74. The van der Waals surface area contributed by atoms with E-state index < -0.39 is 0 Å². The molecule has 0 radical (unpaired) electrons. The van der Waals surface area contributed by atoms with E-state index >= 15 is 0 Å². The summed E-state index contributed by atoms with van der Waals surface area (Å²) in [7, 11) is 0. The molecular weight excluding hydrogens is 120 g/mol. The lowest BCUT2D eigenvalue weighted by Crippen LogP contribution is -1.63. The van der Waals surface area contributed by atoms with Gasteiger partial charge in [-0.2, -0.15) is 0 Å². The summed E-state index contributed by atoms with van der Waals surface area (Å²) in [4.78, 5) is 0. The van der Waals surface area contributed by atoms with Crippen molar-refractivity contribution in [2.24, 2.45) is 0 Å². The van der Waals surface area contributed by atoms with Gasteiger partial charge in [0.05, 0.1) is 0 Å². The zero-order chi connectivity index (χ0) is 7.98. The Kier molecular flexibility index (Phi) is 4.30. The van der Waals surface area contributed by atoms with E-state index in [2.05, 4.69) is 27.0 Å². The van der Waals surface area contributed by atoms with Gasteiger partial charge in [0.2, 0.25) is 0 Å². The van der Waals surface area contributed by atoms with Gasteiger partial charge in [0.15, 0.2) is 0 Å². The molecule has 0 aliphatic rings. The summed E-state index contributed by atoms with van der Waals surface area (Å²) in [5, 5.41) is 0. The van der Waals surface area contributed by atoms with Crippen LogP contribution in [0.1, 0.15) is 13.8 Å². The van der Waals surface area contributed by atoms with Crippen LogP contribution in [0.3, 0.4) is 0 Å². The van der Waals surface area contributed by atoms with E-state index in [1.807, 2.05) is 18.2 Å². The van der Waals surface area contributed by atoms with E-state index in [1.54, 1.807) is 6.08 Å². The minimum absolute atomic E-state index is 0.942. The summed E-state index contributed by atoms with van der Waals surface area (Å²) in [5.41, 5.74) is 2.23. The van der Waals surface area contributed by atoms with Gasteiger partial charge < -0.3 is 0 Å². The summed E-state index contributed by atoms with van der Waals surface area (Å²) in [5.74, 6) is 0. The predicted molar refractivity (Wildman–Crippen MR) is 47.9 cm³/mol. The zero-order valence-electron chi connectivity index (χ0n) is 6.72. The molecule has 54 valence electrons. The van der Waals surface area contributed by atoms with Gasteiger partial charge >= 0.3 is 0 Å². The normalized spacial score (nSPS) is 9.40. The fourth-order valence-electron chi connectivity index (χ4n) is 0.432. The second-order valence-electron chi connectivity index (χ2n) is 2.38. The molecule has 0 aromatic rings. The molecular formula is C10H14. The average molecular weight is 134 g/mol. The molecule has 0 fully saturated rings. The first-order chi connectivity index (χ1) is 4.66. The van der Waals surface area contributed by atoms with Gasteiger partial charge in [0.1, 0.15) is 0 Å². The van der Waals surface area contributed by atoms with E-state index in [-0.39, 0.29) is 0 Å². The van der Waals surface area contributed by atoms with Gasteiger partial charge in [0, 0.05) is 0 Å². The number of rotatable bonds is 3. The van der Waals surface area contributed by atoms with Crippen LogP contribution in [0.15, 0.2) is 48.6 Å². The quantitative estimate of drug-likeness (QED) is 0.520. The molecule has 0 aromatic carbocycles. The molecule has 0 aromatic heterocycles. The molecule has 0 spiro atoms. The molecule has 0 saturated carbocycles. The lowest BCUT2D eigenvalue weighted by molar-refractivity contribution is 1.39. The van der Waals surface area contributed by atoms with Gasteiger partial charge in [-0.25, -0.2) is 0 Å². The molecule has 0 nitrogen and oxygen atoms in total. The molecule has 0 amide bonds. The molecule has 0 N–H and O–H groups in total. The highest BCUT2D eigenvalue weighted by atomic mass is 13.8. The summed E-state index contributed by atoms with van der Waals surface area (Å²) in [6, 6.07) is 0. The Morgan fingerprint density at radius 1 is 1.30 bits per heavy atom. The van der Waals surface area contributed by atoms with Crippen molar-refractivity contribution in [1.29, 1.82) is 0 Å². The van der Waals surface area contributed by atoms with Gasteiger partial charge in [-0.15, -0.1) is 0 Å². The van der Waals surface area contributed by atoms with Crippen molar-refractivity contribution in [2.45, 2.75) is 13.8 Å². The Bertz CT molecular complexity index is 176. The standard InChI is InChI=1S/C10H14/c1-5-10(4)8-6-7-9(2)3/h5-8H,1,4H2,2-3H3/b8-6+. The summed E-state index contributed by atoms with van der Waals surface area (Å²) in [6.07, 6.45) is 7.67. The van der Waals surface area contributed by atoms with Crippen molar-refractivity contribution in [2.75, 3.05) is 0 Å². The smallest absolute Gasteiger partial charge is 0.0335 e. The monoisotopic (exact) mass is 134 g/mol. The van der Waals surface area contributed by atoms with Crippen molar-refractivity contribution in [3.05, 3.63) is 48.6 Å². The van der Waals surface area contributed by atoms with Gasteiger partial charge in [-0.3, -0.25) is 0 Å². The first kappa shape index (κ1) is 8.96. The van der Waals surface area contributed by atoms with E-state index in [1.165, 1.54) is 5.57 Å². The Hall–Kier alpha value is -1.04. The first-order valence-electron chi connectivity index (χ1n) is 3.29. The van der Waals surface area contributed by atoms with E-state index in [0.29, 0.717) is 0 Å². The van der Waals surface area contributed by atoms with Crippen molar-refractivity contribution < 1.29 is 0 Å². The lowest BCUT2D eigenvalue weighted by Gasteiger charge is -1.84. The minimum Gasteiger partial charge on any atom is -0.0985 e. The second-order valence-corrected chi connectivity index (χ2v) is 2.38. The van der Waals surface area contributed by atoms with Crippen LogP contribution in [-0.2, 0) is 0 Å². The third-order valence-corrected chi connectivity index (χ3v) is 1.00. The Balaban J connectivity index is 3.89. The highest BCUT2D eigenvalue weighted by Crippen LogP contribution is 1.95. The zero-order valence-corrected chi connectivity index (χ0v) is 6.72. The first-order valence-corrected chi connectivity index (χ1v) is 3.29. The SMILES string of the molecule is C=CC(=C)/C=C/C=C(C)C. The highest BCUT2D eigenvalue weighted by molar-refractivity contribution is 5.28. The van der Waals surface area contributed by atoms with E-state index in [4.69, 9.17) is 0 Å². The third kappa shape index (κ3) is 5.10. The molecule has 0 aliphatic heterocycles. The van der Waals surface area contributed by atoms with Crippen molar-refractivity contribution >= 4 is 0 Å². The number of allylic oxidation sites excluding steroid dienone is 6. The van der Waals surface area contributed by atoms with Gasteiger partial charge in [-0.05, 0) is 19.4 Å². The molecule has 0 aliphatic carbocycles. The largest absolute Gasteiger partial charge is 0.0985 e. The van der Waals surface area contributed by atoms with Crippen LogP contribution in [0, 0.1) is 0 Å². The van der Waals surface area contributed by atoms with Crippen LogP contribution >= 0.6 is 0 Å². The predicted octanol–water partition coefficient (Wildman–Crippen LogP) is 3.25. The second kappa shape index (κ2) is 4.80. The number of hydrogen-bond donors (Lipinski definition) is 0. The van der Waals surface area contributed by atoms with Crippen molar-refractivity contribution in [1.82, 2.24) is 0 Å². The van der Waals surface area contributed by atoms with Gasteiger partial charge in [0.25, 0.3) is 0 Å². The molecule has 0 rings (SSSR count). The molecule has 0 saturated heterocycles. The maximum atomic E-state index is 3.74. The molecule has 0 atom stereocenters. The molecule has 0 heterocycles. The fraction of sp³-hybridized carbons (Fsp3) is 0.200. The van der Waals surface area contributed by atoms with Crippen LogP contribution in [-0.4, -0.2) is 0 Å². The van der Waals surface area contributed by atoms with Crippen LogP contribution in [0.5, 0.6) is 0 Å². The fourth-order valence-corrected chi connectivity index (χ4v) is 0.432. The molecule has 0 bridgehead atoms. The van der Waals surface area contributed by atoms with Crippen LogP contribution in [0.25, 0.3) is 0 Å². The van der Waals surface area contributed by atoms with Gasteiger partial charge in [-0.1, -0.05) is 43.0 Å². The van der Waals surface area contributed by atoms with Crippen LogP contribution in [0.4, 0.5) is 0 Å². The Labute approximate surface area is 63.3 Å². The molecule has 0 unspecified atom stereocenters. The maximum absolute atomic E-state index is 3.74. The van der Waals surface area contributed by atoms with E-state index in [0.717, 1.165) is 5.57 Å². The molecule has 10 heavy (non-hydrogen) atoms.